The van der Waals surface area contributed by atoms with Gasteiger partial charge in [-0.1, -0.05) is 42.5 Å². The fraction of sp³-hybridized carbons (Fsp3) is 0.0500. The second-order valence-corrected chi connectivity index (χ2v) is 5.76. The Hall–Kier alpha value is -3.87. The first-order chi connectivity index (χ1) is 13.1. The fourth-order valence-electron chi connectivity index (χ4n) is 2.68. The van der Waals surface area contributed by atoms with Gasteiger partial charge in [-0.3, -0.25) is 5.32 Å². The molecule has 2 aromatic heterocycles. The van der Waals surface area contributed by atoms with Gasteiger partial charge in [0.25, 0.3) is 0 Å². The molecule has 0 unspecified atom stereocenters. The van der Waals surface area contributed by atoms with E-state index in [0.29, 0.717) is 11.0 Å². The molecule has 134 valence electrons. The number of rotatable bonds is 3. The zero-order valence-corrected chi connectivity index (χ0v) is 13.9. The second kappa shape index (κ2) is 6.80. The van der Waals surface area contributed by atoms with Crippen LogP contribution < -0.4 is 16.6 Å². The van der Waals surface area contributed by atoms with Gasteiger partial charge in [0.15, 0.2) is 5.58 Å². The molecule has 0 aliphatic heterocycles. The topological polar surface area (TPSA) is 98.8 Å². The number of carbonyl (C=O) groups is 1. The molecule has 0 radical (unpaired) electrons. The highest BCUT2D eigenvalue weighted by Crippen LogP contribution is 2.22. The average Bonchev–Trinajstić information content (AvgIpc) is 2.68. The van der Waals surface area contributed by atoms with E-state index in [1.807, 2.05) is 18.2 Å². The van der Waals surface area contributed by atoms with Crippen molar-refractivity contribution in [2.75, 3.05) is 5.32 Å². The molecule has 0 spiro atoms. The minimum absolute atomic E-state index is 0.0400. The van der Waals surface area contributed by atoms with Gasteiger partial charge in [-0.05, 0) is 23.8 Å². The maximum absolute atomic E-state index is 12.2. The Morgan fingerprint density at radius 2 is 1.63 bits per heavy atom. The zero-order chi connectivity index (χ0) is 18.8. The highest BCUT2D eigenvalue weighted by molar-refractivity contribution is 6.01. The number of carbonyl (C=O) groups excluding carboxylic acids is 1. The van der Waals surface area contributed by atoms with Crippen LogP contribution in [0.2, 0.25) is 0 Å². The quantitative estimate of drug-likeness (QED) is 0.441. The largest absolute Gasteiger partial charge is 0.444 e. The number of para-hydroxylation sites is 1. The SMILES string of the molecule is O=C(Nc1cc2c(=O)oc3ccccc3c2oc1=O)OCc1ccccc1. The number of benzene rings is 2. The number of ether oxygens (including phenoxy) is 1. The van der Waals surface area contributed by atoms with Crippen LogP contribution in [-0.4, -0.2) is 6.09 Å². The summed E-state index contributed by atoms with van der Waals surface area (Å²) >= 11 is 0. The van der Waals surface area contributed by atoms with E-state index in [2.05, 4.69) is 5.32 Å². The minimum atomic E-state index is -0.837. The summed E-state index contributed by atoms with van der Waals surface area (Å²) in [6.45, 7) is 0.0400. The molecule has 27 heavy (non-hydrogen) atoms. The van der Waals surface area contributed by atoms with Crippen molar-refractivity contribution in [1.29, 1.82) is 0 Å². The molecule has 2 heterocycles. The van der Waals surface area contributed by atoms with Crippen molar-refractivity contribution >= 4 is 33.7 Å². The van der Waals surface area contributed by atoms with Crippen molar-refractivity contribution in [1.82, 2.24) is 0 Å². The molecule has 0 aliphatic carbocycles. The molecule has 0 aliphatic rings. The van der Waals surface area contributed by atoms with Crippen LogP contribution in [0.4, 0.5) is 10.5 Å². The summed E-state index contributed by atoms with van der Waals surface area (Å²) in [5.41, 5.74) is -0.465. The number of amides is 1. The first-order valence-corrected chi connectivity index (χ1v) is 8.09. The molecule has 0 saturated carbocycles. The molecule has 0 saturated heterocycles. The highest BCUT2D eigenvalue weighted by Gasteiger charge is 2.15. The molecule has 0 atom stereocenters. The lowest BCUT2D eigenvalue weighted by atomic mass is 10.2. The van der Waals surface area contributed by atoms with Gasteiger partial charge < -0.3 is 13.6 Å². The number of hydrogen-bond acceptors (Lipinski definition) is 6. The molecule has 4 rings (SSSR count). The molecule has 0 fully saturated rings. The van der Waals surface area contributed by atoms with Crippen molar-refractivity contribution in [3.63, 3.8) is 0 Å². The first-order valence-electron chi connectivity index (χ1n) is 8.09. The van der Waals surface area contributed by atoms with E-state index in [0.717, 1.165) is 5.56 Å². The molecule has 1 N–H and O–H groups in total. The summed E-state index contributed by atoms with van der Waals surface area (Å²) in [7, 11) is 0. The Kier molecular flexibility index (Phi) is 4.18. The predicted molar refractivity (Wildman–Crippen MR) is 98.8 cm³/mol. The van der Waals surface area contributed by atoms with Gasteiger partial charge >= 0.3 is 17.3 Å². The van der Waals surface area contributed by atoms with Crippen LogP contribution in [0.1, 0.15) is 5.56 Å². The molecule has 1 amide bonds. The number of fused-ring (bicyclic) bond motifs is 3. The van der Waals surface area contributed by atoms with Crippen molar-refractivity contribution < 1.29 is 18.4 Å². The van der Waals surface area contributed by atoms with Crippen molar-refractivity contribution in [3.8, 4) is 0 Å². The highest BCUT2D eigenvalue weighted by atomic mass is 16.5. The van der Waals surface area contributed by atoms with E-state index in [4.69, 9.17) is 13.6 Å². The maximum atomic E-state index is 12.2. The molecule has 0 bridgehead atoms. The predicted octanol–water partition coefficient (Wildman–Crippen LogP) is 3.65. The fourth-order valence-corrected chi connectivity index (χ4v) is 2.68. The van der Waals surface area contributed by atoms with E-state index in [1.54, 1.807) is 36.4 Å². The Morgan fingerprint density at radius 1 is 0.889 bits per heavy atom. The van der Waals surface area contributed by atoms with Crippen molar-refractivity contribution in [2.45, 2.75) is 6.61 Å². The van der Waals surface area contributed by atoms with Gasteiger partial charge in [-0.25, -0.2) is 14.4 Å². The molecule has 7 heteroatoms. The Labute approximate surface area is 151 Å². The lowest BCUT2D eigenvalue weighted by molar-refractivity contribution is 0.155. The molecular weight excluding hydrogens is 350 g/mol. The molecule has 4 aromatic rings. The van der Waals surface area contributed by atoms with E-state index in [1.165, 1.54) is 6.07 Å². The van der Waals surface area contributed by atoms with Gasteiger partial charge in [0.05, 0.1) is 5.39 Å². The first kappa shape index (κ1) is 16.6. The van der Waals surface area contributed by atoms with Gasteiger partial charge in [-0.15, -0.1) is 0 Å². The Bertz CT molecular complexity index is 1260. The smallest absolute Gasteiger partial charge is 0.412 e. The standard InChI is InChI=1S/C20H13NO6/c22-18-14-10-15(21-20(24)25-11-12-6-2-1-3-7-12)19(23)27-17(14)13-8-4-5-9-16(13)26-18/h1-10H,11H2,(H,21,24). The van der Waals surface area contributed by atoms with Gasteiger partial charge in [0.1, 0.15) is 23.3 Å². The van der Waals surface area contributed by atoms with Crippen LogP contribution in [0.5, 0.6) is 0 Å². The van der Waals surface area contributed by atoms with Gasteiger partial charge in [-0.2, -0.15) is 0 Å². The van der Waals surface area contributed by atoms with E-state index >= 15 is 0 Å². The molecule has 2 aromatic carbocycles. The lowest BCUT2D eigenvalue weighted by Gasteiger charge is -2.07. The molecular formula is C20H13NO6. The van der Waals surface area contributed by atoms with Crippen molar-refractivity contribution in [3.05, 3.63) is 87.1 Å². The summed E-state index contributed by atoms with van der Waals surface area (Å²) in [6, 6.07) is 17.0. The summed E-state index contributed by atoms with van der Waals surface area (Å²) in [5, 5.41) is 2.84. The van der Waals surface area contributed by atoms with Crippen LogP contribution >= 0.6 is 0 Å². The third-order valence-corrected chi connectivity index (χ3v) is 3.95. The minimum Gasteiger partial charge on any atom is -0.444 e. The van der Waals surface area contributed by atoms with E-state index < -0.39 is 17.3 Å². The summed E-state index contributed by atoms with van der Waals surface area (Å²) in [5.74, 6) is 0. The van der Waals surface area contributed by atoms with E-state index in [9.17, 15) is 14.4 Å². The third-order valence-electron chi connectivity index (χ3n) is 3.95. The van der Waals surface area contributed by atoms with E-state index in [-0.39, 0.29) is 23.3 Å². The van der Waals surface area contributed by atoms with Crippen LogP contribution in [0, 0.1) is 0 Å². The van der Waals surface area contributed by atoms with Crippen LogP contribution in [0.25, 0.3) is 21.9 Å². The number of nitrogens with one attached hydrogen (secondary N) is 1. The Balaban J connectivity index is 1.64. The summed E-state index contributed by atoms with van der Waals surface area (Å²) < 4.78 is 15.6. The third kappa shape index (κ3) is 3.30. The number of anilines is 1. The van der Waals surface area contributed by atoms with Gasteiger partial charge in [0.2, 0.25) is 0 Å². The normalized spacial score (nSPS) is 10.8. The Morgan fingerprint density at radius 3 is 2.44 bits per heavy atom. The van der Waals surface area contributed by atoms with Crippen molar-refractivity contribution in [2.24, 2.45) is 0 Å². The zero-order valence-electron chi connectivity index (χ0n) is 13.9. The van der Waals surface area contributed by atoms with Crippen LogP contribution in [0.3, 0.4) is 0 Å². The average molecular weight is 363 g/mol. The van der Waals surface area contributed by atoms with Crippen LogP contribution in [0.15, 0.2) is 79.1 Å². The molecule has 7 nitrogen and oxygen atoms in total. The van der Waals surface area contributed by atoms with Gasteiger partial charge in [0, 0.05) is 0 Å². The lowest BCUT2D eigenvalue weighted by Crippen LogP contribution is -2.19. The van der Waals surface area contributed by atoms with Crippen LogP contribution in [-0.2, 0) is 11.3 Å². The monoisotopic (exact) mass is 363 g/mol. The summed E-state index contributed by atoms with van der Waals surface area (Å²) in [6.07, 6.45) is -0.837. The maximum Gasteiger partial charge on any atom is 0.412 e. The second-order valence-electron chi connectivity index (χ2n) is 5.76. The summed E-state index contributed by atoms with van der Waals surface area (Å²) in [4.78, 5) is 36.4. The number of hydrogen-bond donors (Lipinski definition) is 1.